The zero-order chi connectivity index (χ0) is 8.20. The van der Waals surface area contributed by atoms with E-state index in [4.69, 9.17) is 6.42 Å². The molecule has 0 aromatic heterocycles. The molecule has 0 spiro atoms. The Morgan fingerprint density at radius 1 is 1.80 bits per heavy atom. The molecule has 0 aromatic rings. The van der Waals surface area contributed by atoms with Crippen molar-refractivity contribution < 1.29 is 4.79 Å². The van der Waals surface area contributed by atoms with Crippen LogP contribution in [-0.2, 0) is 4.79 Å². The number of rotatable bonds is 2. The molecule has 0 aliphatic heterocycles. The number of hydrogen-bond donors (Lipinski definition) is 1. The fourth-order valence-corrected chi connectivity index (χ4v) is 0.615. The van der Waals surface area contributed by atoms with E-state index in [-0.39, 0.29) is 5.91 Å². The molecule has 10 heavy (non-hydrogen) atoms. The van der Waals surface area contributed by atoms with Crippen LogP contribution in [0.2, 0.25) is 0 Å². The van der Waals surface area contributed by atoms with Gasteiger partial charge in [-0.25, -0.2) is 0 Å². The Labute approximate surface area is 62.0 Å². The third-order valence-corrected chi connectivity index (χ3v) is 1.48. The monoisotopic (exact) mass is 139 g/mol. The molecule has 0 aliphatic carbocycles. The predicted octanol–water partition coefficient (Wildman–Crippen LogP) is 0.924. The summed E-state index contributed by atoms with van der Waals surface area (Å²) in [6.07, 6.45) is 5.95. The van der Waals surface area contributed by atoms with E-state index in [1.165, 1.54) is 6.92 Å². The van der Waals surface area contributed by atoms with Gasteiger partial charge in [0.1, 0.15) is 0 Å². The molecule has 0 saturated carbocycles. The molecule has 0 rings (SSSR count). The van der Waals surface area contributed by atoms with Gasteiger partial charge in [-0.1, -0.05) is 12.8 Å². The van der Waals surface area contributed by atoms with Crippen LogP contribution in [0.25, 0.3) is 0 Å². The molecule has 0 fully saturated rings. The number of hydrogen-bond acceptors (Lipinski definition) is 1. The Morgan fingerprint density at radius 2 is 2.30 bits per heavy atom. The van der Waals surface area contributed by atoms with Crippen molar-refractivity contribution in [1.82, 2.24) is 5.32 Å². The number of carbonyl (C=O) groups is 1. The molecular formula is C8H13NO. The molecule has 0 aromatic carbocycles. The van der Waals surface area contributed by atoms with Gasteiger partial charge in [-0.2, -0.15) is 0 Å². The molecular weight excluding hydrogens is 126 g/mol. The number of nitrogens with one attached hydrogen (secondary N) is 1. The standard InChI is InChI=1S/C8H13NO/c1-5-8(4,6-2)9-7(3)10/h1H,6H2,2-4H3,(H,9,10). The van der Waals surface area contributed by atoms with Crippen LogP contribution in [0.4, 0.5) is 0 Å². The van der Waals surface area contributed by atoms with Gasteiger partial charge >= 0.3 is 0 Å². The van der Waals surface area contributed by atoms with Crippen molar-refractivity contribution in [2.75, 3.05) is 0 Å². The van der Waals surface area contributed by atoms with Crippen molar-refractivity contribution in [2.24, 2.45) is 0 Å². The van der Waals surface area contributed by atoms with E-state index in [1.807, 2.05) is 13.8 Å². The van der Waals surface area contributed by atoms with Crippen LogP contribution in [0.1, 0.15) is 27.2 Å². The number of carbonyl (C=O) groups excluding carboxylic acids is 1. The SMILES string of the molecule is C#CC(C)(CC)NC(C)=O. The van der Waals surface area contributed by atoms with E-state index < -0.39 is 5.54 Å². The topological polar surface area (TPSA) is 29.1 Å². The van der Waals surface area contributed by atoms with Gasteiger partial charge in [0.25, 0.3) is 0 Å². The maximum atomic E-state index is 10.6. The normalized spacial score (nSPS) is 15.0. The molecule has 1 amide bonds. The third-order valence-electron chi connectivity index (χ3n) is 1.48. The predicted molar refractivity (Wildman–Crippen MR) is 41.3 cm³/mol. The zero-order valence-corrected chi connectivity index (χ0v) is 6.69. The zero-order valence-electron chi connectivity index (χ0n) is 6.69. The van der Waals surface area contributed by atoms with Crippen LogP contribution in [0.5, 0.6) is 0 Å². The molecule has 0 bridgehead atoms. The Balaban J connectivity index is 4.10. The van der Waals surface area contributed by atoms with Crippen LogP contribution < -0.4 is 5.32 Å². The van der Waals surface area contributed by atoms with Gasteiger partial charge in [0.05, 0.1) is 5.54 Å². The molecule has 0 saturated heterocycles. The number of terminal acetylenes is 1. The largest absolute Gasteiger partial charge is 0.340 e. The van der Waals surface area contributed by atoms with Crippen LogP contribution in [0.3, 0.4) is 0 Å². The first-order chi connectivity index (χ1) is 4.54. The smallest absolute Gasteiger partial charge is 0.218 e. The molecule has 1 atom stereocenters. The minimum absolute atomic E-state index is 0.0812. The summed E-state index contributed by atoms with van der Waals surface area (Å²) >= 11 is 0. The van der Waals surface area contributed by atoms with Crippen LogP contribution >= 0.6 is 0 Å². The molecule has 0 radical (unpaired) electrons. The highest BCUT2D eigenvalue weighted by Gasteiger charge is 2.18. The van der Waals surface area contributed by atoms with Gasteiger partial charge < -0.3 is 5.32 Å². The van der Waals surface area contributed by atoms with Crippen LogP contribution in [-0.4, -0.2) is 11.4 Å². The van der Waals surface area contributed by atoms with Crippen molar-refractivity contribution in [3.8, 4) is 12.3 Å². The van der Waals surface area contributed by atoms with Crippen LogP contribution in [0, 0.1) is 12.3 Å². The maximum absolute atomic E-state index is 10.6. The highest BCUT2D eigenvalue weighted by atomic mass is 16.1. The molecule has 0 aliphatic rings. The highest BCUT2D eigenvalue weighted by molar-refractivity contribution is 5.74. The van der Waals surface area contributed by atoms with Crippen molar-refractivity contribution in [2.45, 2.75) is 32.7 Å². The van der Waals surface area contributed by atoms with Gasteiger partial charge in [-0.3, -0.25) is 4.79 Å². The molecule has 1 N–H and O–H groups in total. The van der Waals surface area contributed by atoms with Gasteiger partial charge in [-0.15, -0.1) is 6.42 Å². The second-order valence-corrected chi connectivity index (χ2v) is 2.51. The summed E-state index contributed by atoms with van der Waals surface area (Å²) in [7, 11) is 0. The van der Waals surface area contributed by atoms with E-state index in [0.717, 1.165) is 6.42 Å². The highest BCUT2D eigenvalue weighted by Crippen LogP contribution is 2.05. The number of amides is 1. The molecule has 1 unspecified atom stereocenters. The fraction of sp³-hybridized carbons (Fsp3) is 0.625. The Morgan fingerprint density at radius 3 is 2.40 bits per heavy atom. The lowest BCUT2D eigenvalue weighted by atomic mass is 10.0. The van der Waals surface area contributed by atoms with E-state index in [1.54, 1.807) is 0 Å². The van der Waals surface area contributed by atoms with E-state index in [0.29, 0.717) is 0 Å². The average Bonchev–Trinajstić information content (AvgIpc) is 1.87. The van der Waals surface area contributed by atoms with Crippen molar-refractivity contribution >= 4 is 5.91 Å². The van der Waals surface area contributed by atoms with E-state index >= 15 is 0 Å². The molecule has 56 valence electrons. The maximum Gasteiger partial charge on any atom is 0.218 e. The van der Waals surface area contributed by atoms with Gasteiger partial charge in [0.15, 0.2) is 0 Å². The van der Waals surface area contributed by atoms with Crippen molar-refractivity contribution in [1.29, 1.82) is 0 Å². The summed E-state index contributed by atoms with van der Waals surface area (Å²) in [6, 6.07) is 0. The second kappa shape index (κ2) is 3.26. The van der Waals surface area contributed by atoms with Crippen molar-refractivity contribution in [3.63, 3.8) is 0 Å². The first-order valence-corrected chi connectivity index (χ1v) is 3.30. The fourth-order valence-electron chi connectivity index (χ4n) is 0.615. The summed E-state index contributed by atoms with van der Waals surface area (Å²) in [6.45, 7) is 5.23. The first kappa shape index (κ1) is 9.03. The van der Waals surface area contributed by atoms with E-state index in [2.05, 4.69) is 11.2 Å². The summed E-state index contributed by atoms with van der Waals surface area (Å²) in [4.78, 5) is 10.6. The molecule has 0 heterocycles. The van der Waals surface area contributed by atoms with Crippen molar-refractivity contribution in [3.05, 3.63) is 0 Å². The van der Waals surface area contributed by atoms with Gasteiger partial charge in [-0.05, 0) is 13.3 Å². The van der Waals surface area contributed by atoms with E-state index in [9.17, 15) is 4.79 Å². The minimum Gasteiger partial charge on any atom is -0.340 e. The summed E-state index contributed by atoms with van der Waals surface area (Å²) in [5.41, 5.74) is -0.466. The summed E-state index contributed by atoms with van der Waals surface area (Å²) in [5.74, 6) is 2.45. The first-order valence-electron chi connectivity index (χ1n) is 3.30. The lowest BCUT2D eigenvalue weighted by Gasteiger charge is -2.21. The Hall–Kier alpha value is -0.970. The second-order valence-electron chi connectivity index (χ2n) is 2.51. The Bertz CT molecular complexity index is 169. The minimum atomic E-state index is -0.466. The van der Waals surface area contributed by atoms with Gasteiger partial charge in [0, 0.05) is 6.92 Å². The lowest BCUT2D eigenvalue weighted by molar-refractivity contribution is -0.120. The quantitative estimate of drug-likeness (QED) is 0.566. The molecule has 2 nitrogen and oxygen atoms in total. The summed E-state index contributed by atoms with van der Waals surface area (Å²) in [5, 5.41) is 2.68. The summed E-state index contributed by atoms with van der Waals surface area (Å²) < 4.78 is 0. The Kier molecular flexibility index (Phi) is 2.95. The van der Waals surface area contributed by atoms with Gasteiger partial charge in [0.2, 0.25) is 5.91 Å². The lowest BCUT2D eigenvalue weighted by Crippen LogP contribution is -2.42. The third kappa shape index (κ3) is 2.54. The molecule has 2 heteroatoms. The average molecular weight is 139 g/mol. The van der Waals surface area contributed by atoms with Crippen LogP contribution in [0.15, 0.2) is 0 Å².